The molecule has 0 saturated carbocycles. The molecular formula is C13H26N2O3S. The van der Waals surface area contributed by atoms with E-state index in [1.54, 1.807) is 0 Å². The van der Waals surface area contributed by atoms with Crippen molar-refractivity contribution >= 4 is 24.5 Å². The molecule has 1 unspecified atom stereocenters. The predicted octanol–water partition coefficient (Wildman–Crippen LogP) is 1.29. The first-order valence-corrected chi connectivity index (χ1v) is 7.35. The molecule has 0 aromatic carbocycles. The van der Waals surface area contributed by atoms with Crippen molar-refractivity contribution < 1.29 is 14.7 Å². The molecule has 19 heavy (non-hydrogen) atoms. The molecule has 0 aromatic rings. The van der Waals surface area contributed by atoms with E-state index in [4.69, 9.17) is 5.11 Å². The molecule has 3 atom stereocenters. The van der Waals surface area contributed by atoms with Gasteiger partial charge in [-0.05, 0) is 25.7 Å². The summed E-state index contributed by atoms with van der Waals surface area (Å²) in [6, 6.07) is -1.11. The van der Waals surface area contributed by atoms with E-state index in [-0.39, 0.29) is 17.9 Å². The van der Waals surface area contributed by atoms with Crippen LogP contribution in [0.4, 0.5) is 0 Å². The van der Waals surface area contributed by atoms with E-state index in [2.05, 4.69) is 23.3 Å². The fourth-order valence-corrected chi connectivity index (χ4v) is 1.91. The minimum atomic E-state index is -0.997. The summed E-state index contributed by atoms with van der Waals surface area (Å²) in [5, 5.41) is 14.8. The lowest BCUT2D eigenvalue weighted by Gasteiger charge is -2.23. The van der Waals surface area contributed by atoms with Gasteiger partial charge in [-0.2, -0.15) is 12.6 Å². The highest BCUT2D eigenvalue weighted by molar-refractivity contribution is 7.80. The van der Waals surface area contributed by atoms with Gasteiger partial charge in [-0.3, -0.25) is 4.79 Å². The van der Waals surface area contributed by atoms with Crippen molar-refractivity contribution in [2.45, 2.75) is 58.7 Å². The minimum Gasteiger partial charge on any atom is -0.480 e. The van der Waals surface area contributed by atoms with Crippen LogP contribution in [-0.4, -0.2) is 40.9 Å². The van der Waals surface area contributed by atoms with E-state index < -0.39 is 18.1 Å². The Hall–Kier alpha value is -0.750. The van der Waals surface area contributed by atoms with Gasteiger partial charge in [-0.1, -0.05) is 20.8 Å². The zero-order chi connectivity index (χ0) is 15.0. The minimum absolute atomic E-state index is 0.191. The Labute approximate surface area is 120 Å². The molecule has 0 radical (unpaired) electrons. The van der Waals surface area contributed by atoms with Crippen molar-refractivity contribution in [2.75, 3.05) is 5.75 Å². The standard InChI is InChI=1S/C13H26N2O3S/c1-5-9(4)14-11(7-19)12(16)15-10(13(17)18)6-8(2)3/h8-11,14,19H,5-7H2,1-4H3,(H,15,16)(H,17,18)/t9?,10-,11+/m0/s1. The summed E-state index contributed by atoms with van der Waals surface area (Å²) in [4.78, 5) is 23.1. The summed E-state index contributed by atoms with van der Waals surface area (Å²) in [7, 11) is 0. The van der Waals surface area contributed by atoms with Crippen LogP contribution >= 0.6 is 12.6 Å². The molecule has 3 N–H and O–H groups in total. The van der Waals surface area contributed by atoms with Crippen LogP contribution in [0.5, 0.6) is 0 Å². The number of carbonyl (C=O) groups excluding carboxylic acids is 1. The molecule has 112 valence electrons. The van der Waals surface area contributed by atoms with Crippen LogP contribution in [0.25, 0.3) is 0 Å². The van der Waals surface area contributed by atoms with Crippen molar-refractivity contribution in [3.05, 3.63) is 0 Å². The van der Waals surface area contributed by atoms with Crippen LogP contribution in [0.15, 0.2) is 0 Å². The summed E-state index contributed by atoms with van der Waals surface area (Å²) in [5.41, 5.74) is 0. The molecule has 0 aliphatic heterocycles. The molecule has 0 aliphatic carbocycles. The first-order chi connectivity index (χ1) is 8.81. The van der Waals surface area contributed by atoms with E-state index in [1.807, 2.05) is 27.7 Å². The number of thiol groups is 1. The molecule has 5 nitrogen and oxygen atoms in total. The fourth-order valence-electron chi connectivity index (χ4n) is 1.64. The first kappa shape index (κ1) is 18.2. The number of nitrogens with one attached hydrogen (secondary N) is 2. The van der Waals surface area contributed by atoms with E-state index in [0.29, 0.717) is 12.2 Å². The zero-order valence-corrected chi connectivity index (χ0v) is 13.0. The number of carboxylic acid groups (broad SMARTS) is 1. The third-order valence-electron chi connectivity index (χ3n) is 2.92. The Morgan fingerprint density at radius 2 is 1.79 bits per heavy atom. The van der Waals surface area contributed by atoms with Gasteiger partial charge in [0.15, 0.2) is 0 Å². The maximum atomic E-state index is 12.0. The Bertz CT molecular complexity index is 298. The smallest absolute Gasteiger partial charge is 0.326 e. The Morgan fingerprint density at radius 1 is 1.21 bits per heavy atom. The number of carboxylic acids is 1. The van der Waals surface area contributed by atoms with Crippen molar-refractivity contribution in [1.82, 2.24) is 10.6 Å². The van der Waals surface area contributed by atoms with Crippen molar-refractivity contribution in [2.24, 2.45) is 5.92 Å². The van der Waals surface area contributed by atoms with E-state index >= 15 is 0 Å². The van der Waals surface area contributed by atoms with Crippen LogP contribution in [0.2, 0.25) is 0 Å². The van der Waals surface area contributed by atoms with Crippen molar-refractivity contribution in [3.63, 3.8) is 0 Å². The van der Waals surface area contributed by atoms with Crippen LogP contribution < -0.4 is 10.6 Å². The fraction of sp³-hybridized carbons (Fsp3) is 0.846. The molecule has 0 fully saturated rings. The second-order valence-electron chi connectivity index (χ2n) is 5.24. The van der Waals surface area contributed by atoms with Gasteiger partial charge in [0.1, 0.15) is 6.04 Å². The van der Waals surface area contributed by atoms with E-state index in [9.17, 15) is 9.59 Å². The van der Waals surface area contributed by atoms with Gasteiger partial charge in [0.2, 0.25) is 5.91 Å². The Kier molecular flexibility index (Phi) is 8.84. The molecule has 1 amide bonds. The quantitative estimate of drug-likeness (QED) is 0.483. The Morgan fingerprint density at radius 3 is 2.16 bits per heavy atom. The van der Waals surface area contributed by atoms with Gasteiger partial charge in [-0.25, -0.2) is 4.79 Å². The lowest BCUT2D eigenvalue weighted by molar-refractivity contribution is -0.142. The topological polar surface area (TPSA) is 78.4 Å². The molecule has 0 spiro atoms. The Balaban J connectivity index is 4.54. The third kappa shape index (κ3) is 7.42. The van der Waals surface area contributed by atoms with Crippen LogP contribution in [0, 0.1) is 5.92 Å². The van der Waals surface area contributed by atoms with Gasteiger partial charge >= 0.3 is 5.97 Å². The summed E-state index contributed by atoms with van der Waals surface area (Å²) in [5.74, 6) is -0.755. The van der Waals surface area contributed by atoms with Gasteiger partial charge in [0.05, 0.1) is 6.04 Å². The van der Waals surface area contributed by atoms with Gasteiger partial charge in [-0.15, -0.1) is 0 Å². The first-order valence-electron chi connectivity index (χ1n) is 6.71. The molecule has 0 aliphatic rings. The average molecular weight is 290 g/mol. The number of rotatable bonds is 9. The lowest BCUT2D eigenvalue weighted by Crippen LogP contribution is -2.53. The molecule has 0 aromatic heterocycles. The number of carbonyl (C=O) groups is 2. The summed E-state index contributed by atoms with van der Waals surface area (Å²) in [6.45, 7) is 7.85. The molecule has 0 rings (SSSR count). The molecular weight excluding hydrogens is 264 g/mol. The van der Waals surface area contributed by atoms with E-state index in [1.165, 1.54) is 0 Å². The van der Waals surface area contributed by atoms with Crippen LogP contribution in [-0.2, 0) is 9.59 Å². The van der Waals surface area contributed by atoms with Gasteiger partial charge in [0.25, 0.3) is 0 Å². The summed E-state index contributed by atoms with van der Waals surface area (Å²) >= 11 is 4.14. The number of hydrogen-bond donors (Lipinski definition) is 4. The van der Waals surface area contributed by atoms with Crippen molar-refractivity contribution in [3.8, 4) is 0 Å². The highest BCUT2D eigenvalue weighted by atomic mass is 32.1. The highest BCUT2D eigenvalue weighted by Gasteiger charge is 2.25. The third-order valence-corrected chi connectivity index (χ3v) is 3.28. The van der Waals surface area contributed by atoms with Gasteiger partial charge < -0.3 is 15.7 Å². The number of aliphatic carboxylic acids is 1. The summed E-state index contributed by atoms with van der Waals surface area (Å²) < 4.78 is 0. The zero-order valence-electron chi connectivity index (χ0n) is 12.1. The predicted molar refractivity (Wildman–Crippen MR) is 79.6 cm³/mol. The van der Waals surface area contributed by atoms with E-state index in [0.717, 1.165) is 6.42 Å². The second kappa shape index (κ2) is 9.20. The second-order valence-corrected chi connectivity index (χ2v) is 5.61. The summed E-state index contributed by atoms with van der Waals surface area (Å²) in [6.07, 6.45) is 1.32. The average Bonchev–Trinajstić information content (AvgIpc) is 2.33. The maximum absolute atomic E-state index is 12.0. The molecule has 0 saturated heterocycles. The molecule has 6 heteroatoms. The number of hydrogen-bond acceptors (Lipinski definition) is 4. The molecule has 0 bridgehead atoms. The number of amides is 1. The SMILES string of the molecule is CCC(C)N[C@H](CS)C(=O)N[C@@H](CC(C)C)C(=O)O. The largest absolute Gasteiger partial charge is 0.480 e. The maximum Gasteiger partial charge on any atom is 0.326 e. The normalized spacial score (nSPS) is 15.9. The lowest BCUT2D eigenvalue weighted by atomic mass is 10.0. The molecule has 0 heterocycles. The monoisotopic (exact) mass is 290 g/mol. The van der Waals surface area contributed by atoms with Crippen LogP contribution in [0.1, 0.15) is 40.5 Å². The highest BCUT2D eigenvalue weighted by Crippen LogP contribution is 2.06. The van der Waals surface area contributed by atoms with Crippen molar-refractivity contribution in [1.29, 1.82) is 0 Å². The van der Waals surface area contributed by atoms with Crippen LogP contribution in [0.3, 0.4) is 0 Å². The van der Waals surface area contributed by atoms with Gasteiger partial charge in [0, 0.05) is 11.8 Å².